The first-order chi connectivity index (χ1) is 7.68. The summed E-state index contributed by atoms with van der Waals surface area (Å²) >= 11 is 0. The van der Waals surface area contributed by atoms with Gasteiger partial charge in [0.1, 0.15) is 11.6 Å². The predicted octanol–water partition coefficient (Wildman–Crippen LogP) is 1.90. The van der Waals surface area contributed by atoms with Gasteiger partial charge in [-0.1, -0.05) is 12.1 Å². The van der Waals surface area contributed by atoms with Crippen molar-refractivity contribution in [3.63, 3.8) is 0 Å². The molecule has 1 atom stereocenters. The summed E-state index contributed by atoms with van der Waals surface area (Å²) in [5.74, 6) is 0.520. The van der Waals surface area contributed by atoms with E-state index in [1.54, 1.807) is 35.2 Å². The average molecular weight is 219 g/mol. The Balaban J connectivity index is 2.41. The van der Waals surface area contributed by atoms with Crippen LogP contribution in [0.4, 0.5) is 4.39 Å². The van der Waals surface area contributed by atoms with Crippen molar-refractivity contribution in [2.45, 2.75) is 19.4 Å². The number of halogens is 1. The summed E-state index contributed by atoms with van der Waals surface area (Å²) in [6.45, 7) is 1.90. The first-order valence-electron chi connectivity index (χ1n) is 5.21. The molecule has 1 aromatic carbocycles. The van der Waals surface area contributed by atoms with E-state index in [2.05, 4.69) is 4.98 Å². The topological polar surface area (TPSA) is 43.8 Å². The SMILES string of the molecule is CC(N)Cc1nccn1-c1ccccc1F. The Hall–Kier alpha value is -1.68. The quantitative estimate of drug-likeness (QED) is 0.856. The van der Waals surface area contributed by atoms with Crippen molar-refractivity contribution in [2.24, 2.45) is 5.73 Å². The Bertz CT molecular complexity index is 477. The minimum absolute atomic E-state index is 0.00734. The highest BCUT2D eigenvalue weighted by Gasteiger charge is 2.09. The van der Waals surface area contributed by atoms with Crippen LogP contribution in [0.1, 0.15) is 12.7 Å². The normalized spacial score (nSPS) is 12.7. The van der Waals surface area contributed by atoms with Gasteiger partial charge in [0.2, 0.25) is 0 Å². The maximum absolute atomic E-state index is 13.6. The molecular formula is C12H14FN3. The molecule has 0 radical (unpaired) electrons. The third kappa shape index (κ3) is 2.12. The molecule has 0 amide bonds. The van der Waals surface area contributed by atoms with Crippen LogP contribution in [0.5, 0.6) is 0 Å². The standard InChI is InChI=1S/C12H14FN3/c1-9(14)8-12-15-6-7-16(12)11-5-3-2-4-10(11)13/h2-7,9H,8,14H2,1H3. The molecule has 2 aromatic rings. The summed E-state index contributed by atoms with van der Waals surface area (Å²) in [6, 6.07) is 6.63. The molecule has 0 aliphatic carbocycles. The largest absolute Gasteiger partial charge is 0.328 e. The van der Waals surface area contributed by atoms with Crippen LogP contribution >= 0.6 is 0 Å². The highest BCUT2D eigenvalue weighted by molar-refractivity contribution is 5.34. The molecule has 16 heavy (non-hydrogen) atoms. The Kier molecular flexibility index (Phi) is 3.01. The van der Waals surface area contributed by atoms with Gasteiger partial charge in [-0.25, -0.2) is 9.37 Å². The number of nitrogens with zero attached hydrogens (tertiary/aromatic N) is 2. The molecule has 0 fully saturated rings. The van der Waals surface area contributed by atoms with E-state index in [0.717, 1.165) is 5.82 Å². The van der Waals surface area contributed by atoms with Crippen LogP contribution in [0.25, 0.3) is 5.69 Å². The molecule has 2 rings (SSSR count). The number of aromatic nitrogens is 2. The number of hydrogen-bond acceptors (Lipinski definition) is 2. The third-order valence-electron chi connectivity index (χ3n) is 2.33. The molecule has 1 unspecified atom stereocenters. The van der Waals surface area contributed by atoms with E-state index in [4.69, 9.17) is 5.73 Å². The first kappa shape index (κ1) is 10.8. The zero-order chi connectivity index (χ0) is 11.5. The Morgan fingerprint density at radius 1 is 1.44 bits per heavy atom. The van der Waals surface area contributed by atoms with Crippen molar-refractivity contribution in [3.05, 3.63) is 48.3 Å². The molecule has 2 N–H and O–H groups in total. The number of hydrogen-bond donors (Lipinski definition) is 1. The summed E-state index contributed by atoms with van der Waals surface area (Å²) < 4.78 is 15.3. The van der Waals surface area contributed by atoms with Gasteiger partial charge in [-0.15, -0.1) is 0 Å². The van der Waals surface area contributed by atoms with Crippen molar-refractivity contribution >= 4 is 0 Å². The lowest BCUT2D eigenvalue weighted by Crippen LogP contribution is -2.20. The second-order valence-electron chi connectivity index (χ2n) is 3.85. The van der Waals surface area contributed by atoms with Crippen LogP contribution in [0, 0.1) is 5.82 Å². The molecule has 1 heterocycles. The number of nitrogens with two attached hydrogens (primary N) is 1. The summed E-state index contributed by atoms with van der Waals surface area (Å²) in [7, 11) is 0. The van der Waals surface area contributed by atoms with E-state index in [9.17, 15) is 4.39 Å². The second kappa shape index (κ2) is 4.45. The van der Waals surface area contributed by atoms with Crippen LogP contribution in [0.15, 0.2) is 36.7 Å². The molecule has 84 valence electrons. The molecule has 1 aromatic heterocycles. The van der Waals surface area contributed by atoms with Crippen molar-refractivity contribution in [1.29, 1.82) is 0 Å². The summed E-state index contributed by atoms with van der Waals surface area (Å²) in [5.41, 5.74) is 6.23. The number of benzene rings is 1. The highest BCUT2D eigenvalue weighted by Crippen LogP contribution is 2.15. The predicted molar refractivity (Wildman–Crippen MR) is 60.9 cm³/mol. The van der Waals surface area contributed by atoms with Gasteiger partial charge in [-0.2, -0.15) is 0 Å². The zero-order valence-electron chi connectivity index (χ0n) is 9.10. The second-order valence-corrected chi connectivity index (χ2v) is 3.85. The van der Waals surface area contributed by atoms with E-state index < -0.39 is 0 Å². The van der Waals surface area contributed by atoms with Gasteiger partial charge in [0.15, 0.2) is 0 Å². The highest BCUT2D eigenvalue weighted by atomic mass is 19.1. The van der Waals surface area contributed by atoms with E-state index in [-0.39, 0.29) is 11.9 Å². The maximum Gasteiger partial charge on any atom is 0.147 e. The minimum atomic E-state index is -0.258. The monoisotopic (exact) mass is 219 g/mol. The smallest absolute Gasteiger partial charge is 0.147 e. The maximum atomic E-state index is 13.6. The number of para-hydroxylation sites is 1. The van der Waals surface area contributed by atoms with Gasteiger partial charge in [0.05, 0.1) is 5.69 Å². The number of rotatable bonds is 3. The van der Waals surface area contributed by atoms with Gasteiger partial charge in [-0.3, -0.25) is 0 Å². The lowest BCUT2D eigenvalue weighted by atomic mass is 10.2. The summed E-state index contributed by atoms with van der Waals surface area (Å²) in [6.07, 6.45) is 4.03. The average Bonchev–Trinajstić information content (AvgIpc) is 2.66. The van der Waals surface area contributed by atoms with Gasteiger partial charge >= 0.3 is 0 Å². The van der Waals surface area contributed by atoms with Crippen molar-refractivity contribution in [1.82, 2.24) is 9.55 Å². The minimum Gasteiger partial charge on any atom is -0.328 e. The van der Waals surface area contributed by atoms with Crippen LogP contribution in [-0.4, -0.2) is 15.6 Å². The fourth-order valence-corrected chi connectivity index (χ4v) is 1.64. The van der Waals surface area contributed by atoms with Crippen molar-refractivity contribution < 1.29 is 4.39 Å². The lowest BCUT2D eigenvalue weighted by molar-refractivity contribution is 0.610. The van der Waals surface area contributed by atoms with Crippen LogP contribution in [0.3, 0.4) is 0 Å². The summed E-state index contributed by atoms with van der Waals surface area (Å²) in [5, 5.41) is 0. The Morgan fingerprint density at radius 3 is 2.88 bits per heavy atom. The van der Waals surface area contributed by atoms with Gasteiger partial charge in [0, 0.05) is 24.9 Å². The van der Waals surface area contributed by atoms with Crippen LogP contribution in [0.2, 0.25) is 0 Å². The van der Waals surface area contributed by atoms with Gasteiger partial charge in [-0.05, 0) is 19.1 Å². The van der Waals surface area contributed by atoms with Crippen molar-refractivity contribution in [2.75, 3.05) is 0 Å². The molecule has 0 saturated heterocycles. The lowest BCUT2D eigenvalue weighted by Gasteiger charge is -2.10. The first-order valence-corrected chi connectivity index (χ1v) is 5.21. The van der Waals surface area contributed by atoms with E-state index in [0.29, 0.717) is 12.1 Å². The van der Waals surface area contributed by atoms with E-state index in [1.165, 1.54) is 6.07 Å². The molecule has 3 nitrogen and oxygen atoms in total. The molecule has 0 saturated carbocycles. The van der Waals surface area contributed by atoms with Crippen molar-refractivity contribution in [3.8, 4) is 5.69 Å². The Labute approximate surface area is 93.7 Å². The number of imidazole rings is 1. The Morgan fingerprint density at radius 2 is 2.19 bits per heavy atom. The molecule has 4 heteroatoms. The molecule has 0 bridgehead atoms. The van der Waals surface area contributed by atoms with Crippen LogP contribution < -0.4 is 5.73 Å². The zero-order valence-corrected chi connectivity index (χ0v) is 9.10. The molecule has 0 aliphatic heterocycles. The summed E-state index contributed by atoms with van der Waals surface area (Å²) in [4.78, 5) is 4.19. The fourth-order valence-electron chi connectivity index (χ4n) is 1.64. The van der Waals surface area contributed by atoms with Crippen LogP contribution in [-0.2, 0) is 6.42 Å². The van der Waals surface area contributed by atoms with E-state index in [1.807, 2.05) is 6.92 Å². The van der Waals surface area contributed by atoms with Gasteiger partial charge in [0.25, 0.3) is 0 Å². The molecule has 0 aliphatic rings. The molecular weight excluding hydrogens is 205 g/mol. The van der Waals surface area contributed by atoms with Gasteiger partial charge < -0.3 is 10.3 Å². The third-order valence-corrected chi connectivity index (χ3v) is 2.33. The van der Waals surface area contributed by atoms with E-state index >= 15 is 0 Å². The fraction of sp³-hybridized carbons (Fsp3) is 0.250. The molecule has 0 spiro atoms.